The van der Waals surface area contributed by atoms with Crippen LogP contribution in [0.15, 0.2) is 36.5 Å². The number of likely N-dealkylation sites (tertiary alicyclic amines) is 1. The average molecular weight is 425 g/mol. The fraction of sp³-hybridized carbons (Fsp3) is 0.348. The Labute approximate surface area is 181 Å². The number of rotatable bonds is 4. The highest BCUT2D eigenvalue weighted by atomic mass is 35.5. The number of nitrogens with one attached hydrogen (secondary N) is 1. The topological polar surface area (TPSA) is 67.3 Å². The maximum atomic E-state index is 13.4. The minimum absolute atomic E-state index is 0.0152. The molecule has 1 amide bonds. The summed E-state index contributed by atoms with van der Waals surface area (Å²) in [6, 6.07) is 9.33. The predicted octanol–water partition coefficient (Wildman–Crippen LogP) is 5.22. The fourth-order valence-corrected chi connectivity index (χ4v) is 4.16. The van der Waals surface area contributed by atoms with Gasteiger partial charge < -0.3 is 15.0 Å². The minimum atomic E-state index is -0.0152. The number of carbonyl (C=O) groups excluding carboxylic acids is 1. The van der Waals surface area contributed by atoms with Gasteiger partial charge in [-0.15, -0.1) is 0 Å². The first-order valence-corrected chi connectivity index (χ1v) is 10.5. The van der Waals surface area contributed by atoms with E-state index >= 15 is 0 Å². The Hall–Kier alpha value is -2.86. The first kappa shape index (κ1) is 20.4. The highest BCUT2D eigenvalue weighted by Gasteiger charge is 2.25. The van der Waals surface area contributed by atoms with Gasteiger partial charge in [-0.2, -0.15) is 0 Å². The maximum Gasteiger partial charge on any atom is 0.257 e. The van der Waals surface area contributed by atoms with Crippen molar-refractivity contribution in [3.63, 3.8) is 0 Å². The van der Waals surface area contributed by atoms with Crippen LogP contribution in [-0.2, 0) is 0 Å². The van der Waals surface area contributed by atoms with Gasteiger partial charge in [0.05, 0.1) is 23.4 Å². The molecule has 1 saturated heterocycles. The molecule has 0 unspecified atom stereocenters. The Morgan fingerprint density at radius 1 is 1.30 bits per heavy atom. The molecule has 1 aliphatic heterocycles. The van der Waals surface area contributed by atoms with Gasteiger partial charge in [0.15, 0.2) is 5.65 Å². The molecular formula is C23H25ClN4O2. The van der Waals surface area contributed by atoms with E-state index in [9.17, 15) is 4.79 Å². The Bertz CT molecular complexity index is 1100. The van der Waals surface area contributed by atoms with E-state index in [2.05, 4.69) is 22.2 Å². The molecule has 1 fully saturated rings. The lowest BCUT2D eigenvalue weighted by atomic mass is 9.99. The molecule has 30 heavy (non-hydrogen) atoms. The van der Waals surface area contributed by atoms with E-state index in [4.69, 9.17) is 16.3 Å². The summed E-state index contributed by atoms with van der Waals surface area (Å²) in [6.07, 6.45) is 3.80. The lowest BCUT2D eigenvalue weighted by Gasteiger charge is -2.31. The van der Waals surface area contributed by atoms with Crippen LogP contribution in [0.1, 0.15) is 35.8 Å². The number of aryl methyl sites for hydroxylation is 1. The van der Waals surface area contributed by atoms with Crippen LogP contribution in [0.3, 0.4) is 0 Å². The summed E-state index contributed by atoms with van der Waals surface area (Å²) in [5.74, 6) is 1.08. The van der Waals surface area contributed by atoms with Gasteiger partial charge in [-0.1, -0.05) is 18.5 Å². The van der Waals surface area contributed by atoms with Crippen LogP contribution in [0, 0.1) is 12.8 Å². The smallest absolute Gasteiger partial charge is 0.257 e. The highest BCUT2D eigenvalue weighted by Crippen LogP contribution is 2.33. The summed E-state index contributed by atoms with van der Waals surface area (Å²) in [6.45, 7) is 5.63. The average Bonchev–Trinajstić information content (AvgIpc) is 2.73. The molecule has 2 aromatic heterocycles. The van der Waals surface area contributed by atoms with Crippen molar-refractivity contribution in [1.82, 2.24) is 14.9 Å². The Morgan fingerprint density at radius 2 is 2.13 bits per heavy atom. The first-order valence-electron chi connectivity index (χ1n) is 10.1. The Kier molecular flexibility index (Phi) is 5.77. The zero-order valence-electron chi connectivity index (χ0n) is 17.4. The number of ether oxygens (including phenoxy) is 1. The van der Waals surface area contributed by atoms with Crippen molar-refractivity contribution in [2.45, 2.75) is 26.7 Å². The van der Waals surface area contributed by atoms with E-state index in [1.165, 1.54) is 0 Å². The molecule has 6 nitrogen and oxygen atoms in total. The summed E-state index contributed by atoms with van der Waals surface area (Å²) in [4.78, 5) is 24.3. The number of nitrogens with zero attached hydrogens (tertiary/aromatic N) is 3. The lowest BCUT2D eigenvalue weighted by Crippen LogP contribution is -2.39. The van der Waals surface area contributed by atoms with Crippen LogP contribution in [0.2, 0.25) is 5.02 Å². The molecule has 1 atom stereocenters. The summed E-state index contributed by atoms with van der Waals surface area (Å²) in [7, 11) is 1.58. The molecule has 7 heteroatoms. The molecule has 3 heterocycles. The molecule has 1 N–H and O–H groups in total. The van der Waals surface area contributed by atoms with Crippen molar-refractivity contribution in [2.24, 2.45) is 5.92 Å². The second-order valence-electron chi connectivity index (χ2n) is 7.84. The van der Waals surface area contributed by atoms with E-state index in [0.29, 0.717) is 33.6 Å². The van der Waals surface area contributed by atoms with E-state index in [1.807, 2.05) is 30.0 Å². The normalized spacial score (nSPS) is 16.5. The van der Waals surface area contributed by atoms with E-state index < -0.39 is 0 Å². The van der Waals surface area contributed by atoms with E-state index in [-0.39, 0.29) is 5.91 Å². The Balaban J connectivity index is 1.79. The molecule has 3 aromatic rings. The number of amides is 1. The van der Waals surface area contributed by atoms with Crippen molar-refractivity contribution >= 4 is 39.9 Å². The number of aromatic nitrogens is 2. The van der Waals surface area contributed by atoms with Crippen molar-refractivity contribution in [2.75, 3.05) is 25.5 Å². The highest BCUT2D eigenvalue weighted by molar-refractivity contribution is 6.32. The lowest BCUT2D eigenvalue weighted by molar-refractivity contribution is 0.0684. The molecule has 0 saturated carbocycles. The van der Waals surface area contributed by atoms with Gasteiger partial charge in [-0.3, -0.25) is 4.79 Å². The van der Waals surface area contributed by atoms with Gasteiger partial charge in [0.2, 0.25) is 0 Å². The third kappa shape index (κ3) is 4.05. The van der Waals surface area contributed by atoms with Gasteiger partial charge in [0, 0.05) is 36.1 Å². The number of piperidine rings is 1. The number of carbonyl (C=O) groups is 1. The number of fused-ring (bicyclic) bond motifs is 1. The second-order valence-corrected chi connectivity index (χ2v) is 8.25. The van der Waals surface area contributed by atoms with Crippen LogP contribution in [0.5, 0.6) is 5.75 Å². The van der Waals surface area contributed by atoms with Gasteiger partial charge in [0.25, 0.3) is 5.91 Å². The number of pyridine rings is 2. The largest absolute Gasteiger partial charge is 0.495 e. The van der Waals surface area contributed by atoms with E-state index in [0.717, 1.165) is 42.7 Å². The number of hydrogen-bond donors (Lipinski definition) is 1. The summed E-state index contributed by atoms with van der Waals surface area (Å²) in [5, 5.41) is 4.68. The summed E-state index contributed by atoms with van der Waals surface area (Å²) in [5.41, 5.74) is 3.46. The quantitative estimate of drug-likeness (QED) is 0.622. The number of halogens is 1. The molecule has 0 spiro atoms. The third-order valence-electron chi connectivity index (χ3n) is 5.46. The van der Waals surface area contributed by atoms with Crippen LogP contribution in [0.25, 0.3) is 11.0 Å². The van der Waals surface area contributed by atoms with Crippen LogP contribution in [0.4, 0.5) is 11.4 Å². The molecule has 1 aromatic carbocycles. The number of anilines is 2. The van der Waals surface area contributed by atoms with Gasteiger partial charge in [-0.05, 0) is 56.0 Å². The van der Waals surface area contributed by atoms with Crippen molar-refractivity contribution in [3.8, 4) is 5.75 Å². The van der Waals surface area contributed by atoms with Crippen LogP contribution >= 0.6 is 11.6 Å². The summed E-state index contributed by atoms with van der Waals surface area (Å²) < 4.78 is 5.24. The molecule has 156 valence electrons. The predicted molar refractivity (Wildman–Crippen MR) is 120 cm³/mol. The zero-order chi connectivity index (χ0) is 21.3. The van der Waals surface area contributed by atoms with Gasteiger partial charge in [-0.25, -0.2) is 9.97 Å². The van der Waals surface area contributed by atoms with E-state index in [1.54, 1.807) is 25.4 Å². The second kappa shape index (κ2) is 8.48. The zero-order valence-corrected chi connectivity index (χ0v) is 18.2. The standard InChI is InChI=1S/C23H25ClN4O2/c1-14-5-4-10-28(13-14)23(29)18-12-25-22-17(8-6-15(2)26-22)21(18)27-16-7-9-20(30-3)19(24)11-16/h6-9,11-12,14H,4-5,10,13H2,1-3H3,(H,25,26,27)/t14-/m0/s1. The molecule has 0 radical (unpaired) electrons. The number of benzene rings is 1. The molecule has 0 bridgehead atoms. The fourth-order valence-electron chi connectivity index (χ4n) is 3.90. The van der Waals surface area contributed by atoms with Crippen molar-refractivity contribution in [1.29, 1.82) is 0 Å². The third-order valence-corrected chi connectivity index (χ3v) is 5.76. The van der Waals surface area contributed by atoms with Gasteiger partial charge >= 0.3 is 0 Å². The van der Waals surface area contributed by atoms with Crippen molar-refractivity contribution in [3.05, 3.63) is 52.8 Å². The molecule has 4 rings (SSSR count). The van der Waals surface area contributed by atoms with Crippen LogP contribution in [-0.4, -0.2) is 41.0 Å². The SMILES string of the molecule is COc1ccc(Nc2c(C(=O)N3CCC[C@H](C)C3)cnc3nc(C)ccc23)cc1Cl. The van der Waals surface area contributed by atoms with Gasteiger partial charge in [0.1, 0.15) is 5.75 Å². The monoisotopic (exact) mass is 424 g/mol. The number of methoxy groups -OCH3 is 1. The van der Waals surface area contributed by atoms with Crippen molar-refractivity contribution < 1.29 is 9.53 Å². The van der Waals surface area contributed by atoms with Crippen LogP contribution < -0.4 is 10.1 Å². The first-order chi connectivity index (χ1) is 14.5. The molecule has 1 aliphatic rings. The summed E-state index contributed by atoms with van der Waals surface area (Å²) >= 11 is 6.31. The number of hydrogen-bond acceptors (Lipinski definition) is 5. The molecule has 0 aliphatic carbocycles. The molecular weight excluding hydrogens is 400 g/mol. The maximum absolute atomic E-state index is 13.4. The minimum Gasteiger partial charge on any atom is -0.495 e. The Morgan fingerprint density at radius 3 is 2.87 bits per heavy atom.